The minimum atomic E-state index is -0.515. The van der Waals surface area contributed by atoms with Gasteiger partial charge in [-0.05, 0) is 30.3 Å². The monoisotopic (exact) mass is 255 g/mol. The van der Waals surface area contributed by atoms with Crippen LogP contribution in [0.5, 0.6) is 5.75 Å². The molecular formula is C14H13N3O2. The summed E-state index contributed by atoms with van der Waals surface area (Å²) in [7, 11) is 1.53. The number of nitrogens with two attached hydrogens (primary N) is 1. The van der Waals surface area contributed by atoms with Crippen molar-refractivity contribution < 1.29 is 9.53 Å². The molecule has 2 rings (SSSR count). The van der Waals surface area contributed by atoms with E-state index in [-0.39, 0.29) is 0 Å². The molecule has 96 valence electrons. The lowest BCUT2D eigenvalue weighted by Gasteiger charge is -2.04. The quantitative estimate of drug-likeness (QED) is 0.851. The van der Waals surface area contributed by atoms with Crippen molar-refractivity contribution >= 4 is 17.3 Å². The lowest BCUT2D eigenvalue weighted by molar-refractivity contribution is 0.100. The molecule has 0 aliphatic rings. The number of hydrogen-bond acceptors (Lipinski definition) is 4. The average Bonchev–Trinajstić information content (AvgIpc) is 2.45. The molecule has 0 aliphatic carbocycles. The van der Waals surface area contributed by atoms with Crippen molar-refractivity contribution in [3.8, 4) is 5.75 Å². The number of azo groups is 1. The van der Waals surface area contributed by atoms with Crippen LogP contribution >= 0.6 is 0 Å². The van der Waals surface area contributed by atoms with Crippen LogP contribution in [0.4, 0.5) is 11.4 Å². The Morgan fingerprint density at radius 1 is 1.11 bits per heavy atom. The van der Waals surface area contributed by atoms with Crippen LogP contribution in [0, 0.1) is 0 Å². The average molecular weight is 255 g/mol. The summed E-state index contributed by atoms with van der Waals surface area (Å²) in [5.74, 6) is 0.0171. The minimum Gasteiger partial charge on any atom is -0.494 e. The third-order valence-corrected chi connectivity index (χ3v) is 2.49. The van der Waals surface area contributed by atoms with Gasteiger partial charge in [0.2, 0.25) is 5.91 Å². The molecule has 0 fully saturated rings. The van der Waals surface area contributed by atoms with Gasteiger partial charge in [0, 0.05) is 5.56 Å². The summed E-state index contributed by atoms with van der Waals surface area (Å²) in [4.78, 5) is 11.1. The number of benzene rings is 2. The van der Waals surface area contributed by atoms with E-state index in [9.17, 15) is 4.79 Å². The molecule has 1 amide bonds. The Kier molecular flexibility index (Phi) is 3.87. The maximum atomic E-state index is 11.1. The van der Waals surface area contributed by atoms with Crippen LogP contribution in [-0.4, -0.2) is 13.0 Å². The molecular weight excluding hydrogens is 242 g/mol. The lowest BCUT2D eigenvalue weighted by Crippen LogP contribution is -2.10. The number of amides is 1. The Balaban J connectivity index is 2.35. The smallest absolute Gasteiger partial charge is 0.248 e. The van der Waals surface area contributed by atoms with E-state index in [2.05, 4.69) is 10.2 Å². The number of hydrogen-bond donors (Lipinski definition) is 1. The van der Waals surface area contributed by atoms with Crippen LogP contribution in [0.25, 0.3) is 0 Å². The number of carbonyl (C=O) groups excluding carboxylic acids is 1. The standard InChI is InChI=1S/C14H13N3O2/c1-19-13-8-7-10(14(15)18)9-12(13)17-16-11-5-3-2-4-6-11/h2-9H,1H3,(H2,15,18)/b17-16+. The van der Waals surface area contributed by atoms with Crippen molar-refractivity contribution in [2.75, 3.05) is 7.11 Å². The summed E-state index contributed by atoms with van der Waals surface area (Å²) in [6.07, 6.45) is 0. The van der Waals surface area contributed by atoms with Gasteiger partial charge >= 0.3 is 0 Å². The molecule has 0 spiro atoms. The SMILES string of the molecule is COc1ccc(C(N)=O)cc1/N=N/c1ccccc1. The van der Waals surface area contributed by atoms with Crippen molar-refractivity contribution in [2.45, 2.75) is 0 Å². The maximum absolute atomic E-state index is 11.1. The number of nitrogens with zero attached hydrogens (tertiary/aromatic N) is 2. The summed E-state index contributed by atoms with van der Waals surface area (Å²) in [6.45, 7) is 0. The second kappa shape index (κ2) is 5.77. The van der Waals surface area contributed by atoms with Crippen LogP contribution in [0.3, 0.4) is 0 Å². The summed E-state index contributed by atoms with van der Waals surface area (Å²) < 4.78 is 5.16. The fourth-order valence-corrected chi connectivity index (χ4v) is 1.53. The van der Waals surface area contributed by atoms with Gasteiger partial charge in [0.15, 0.2) is 0 Å². The number of rotatable bonds is 4. The first-order chi connectivity index (χ1) is 9.20. The molecule has 5 nitrogen and oxygen atoms in total. The molecule has 2 aromatic rings. The molecule has 0 atom stereocenters. The third kappa shape index (κ3) is 3.16. The van der Waals surface area contributed by atoms with E-state index >= 15 is 0 Å². The molecule has 5 heteroatoms. The number of primary amides is 1. The molecule has 2 aromatic carbocycles. The fourth-order valence-electron chi connectivity index (χ4n) is 1.53. The zero-order chi connectivity index (χ0) is 13.7. The molecule has 19 heavy (non-hydrogen) atoms. The van der Waals surface area contributed by atoms with E-state index in [1.54, 1.807) is 18.2 Å². The van der Waals surface area contributed by atoms with Crippen molar-refractivity contribution in [1.29, 1.82) is 0 Å². The van der Waals surface area contributed by atoms with Crippen molar-refractivity contribution in [2.24, 2.45) is 16.0 Å². The second-order valence-corrected chi connectivity index (χ2v) is 3.79. The van der Waals surface area contributed by atoms with Gasteiger partial charge < -0.3 is 10.5 Å². The van der Waals surface area contributed by atoms with Crippen LogP contribution in [0.1, 0.15) is 10.4 Å². The first-order valence-electron chi connectivity index (χ1n) is 5.65. The van der Waals surface area contributed by atoms with Gasteiger partial charge in [-0.25, -0.2) is 0 Å². The van der Waals surface area contributed by atoms with E-state index in [0.29, 0.717) is 22.7 Å². The predicted molar refractivity (Wildman–Crippen MR) is 72.1 cm³/mol. The first-order valence-corrected chi connectivity index (χ1v) is 5.65. The Hall–Kier alpha value is -2.69. The Morgan fingerprint density at radius 2 is 1.84 bits per heavy atom. The highest BCUT2D eigenvalue weighted by Gasteiger charge is 2.07. The van der Waals surface area contributed by atoms with Crippen LogP contribution in [0.2, 0.25) is 0 Å². The van der Waals surface area contributed by atoms with Crippen LogP contribution in [0.15, 0.2) is 58.8 Å². The lowest BCUT2D eigenvalue weighted by atomic mass is 10.2. The van der Waals surface area contributed by atoms with E-state index in [1.165, 1.54) is 7.11 Å². The predicted octanol–water partition coefficient (Wildman–Crippen LogP) is 3.21. The topological polar surface area (TPSA) is 77.0 Å². The van der Waals surface area contributed by atoms with E-state index in [4.69, 9.17) is 10.5 Å². The Bertz CT molecular complexity index is 609. The van der Waals surface area contributed by atoms with Gasteiger partial charge in [0.05, 0.1) is 12.8 Å². The van der Waals surface area contributed by atoms with Crippen molar-refractivity contribution in [1.82, 2.24) is 0 Å². The molecule has 0 bridgehead atoms. The first kappa shape index (κ1) is 12.8. The molecule has 0 saturated heterocycles. The maximum Gasteiger partial charge on any atom is 0.248 e. The molecule has 0 saturated carbocycles. The van der Waals surface area contributed by atoms with Gasteiger partial charge in [-0.3, -0.25) is 4.79 Å². The molecule has 2 N–H and O–H groups in total. The summed E-state index contributed by atoms with van der Waals surface area (Å²) in [5, 5.41) is 8.16. The zero-order valence-corrected chi connectivity index (χ0v) is 10.4. The van der Waals surface area contributed by atoms with Crippen molar-refractivity contribution in [3.05, 3.63) is 54.1 Å². The molecule has 0 aromatic heterocycles. The van der Waals surface area contributed by atoms with Gasteiger partial charge in [-0.15, -0.1) is 5.11 Å². The van der Waals surface area contributed by atoms with Crippen molar-refractivity contribution in [3.63, 3.8) is 0 Å². The molecule has 0 heterocycles. The number of ether oxygens (including phenoxy) is 1. The normalized spacial score (nSPS) is 10.6. The fraction of sp³-hybridized carbons (Fsp3) is 0.0714. The summed E-state index contributed by atoms with van der Waals surface area (Å²) in [6, 6.07) is 14.1. The minimum absolute atomic E-state index is 0.364. The summed E-state index contributed by atoms with van der Waals surface area (Å²) >= 11 is 0. The van der Waals surface area contributed by atoms with Gasteiger partial charge in [0.25, 0.3) is 0 Å². The Morgan fingerprint density at radius 3 is 2.47 bits per heavy atom. The highest BCUT2D eigenvalue weighted by atomic mass is 16.5. The van der Waals surface area contributed by atoms with Crippen LogP contribution < -0.4 is 10.5 Å². The van der Waals surface area contributed by atoms with E-state index in [0.717, 1.165) is 0 Å². The van der Waals surface area contributed by atoms with Gasteiger partial charge in [-0.1, -0.05) is 18.2 Å². The largest absolute Gasteiger partial charge is 0.494 e. The highest BCUT2D eigenvalue weighted by Crippen LogP contribution is 2.29. The summed E-state index contributed by atoms with van der Waals surface area (Å²) in [5.41, 5.74) is 6.77. The molecule has 0 aliphatic heterocycles. The highest BCUT2D eigenvalue weighted by molar-refractivity contribution is 5.94. The van der Waals surface area contributed by atoms with Crippen LogP contribution in [-0.2, 0) is 0 Å². The Labute approximate surface area is 110 Å². The van der Waals surface area contributed by atoms with E-state index < -0.39 is 5.91 Å². The number of carbonyl (C=O) groups is 1. The molecule has 0 unspecified atom stereocenters. The molecule has 0 radical (unpaired) electrons. The van der Waals surface area contributed by atoms with Gasteiger partial charge in [0.1, 0.15) is 11.4 Å². The third-order valence-electron chi connectivity index (χ3n) is 2.49. The second-order valence-electron chi connectivity index (χ2n) is 3.79. The van der Waals surface area contributed by atoms with Gasteiger partial charge in [-0.2, -0.15) is 5.11 Å². The number of methoxy groups -OCH3 is 1. The van der Waals surface area contributed by atoms with E-state index in [1.807, 2.05) is 30.3 Å². The zero-order valence-electron chi connectivity index (χ0n) is 10.4.